The van der Waals surface area contributed by atoms with Gasteiger partial charge in [-0.3, -0.25) is 0 Å². The van der Waals surface area contributed by atoms with Crippen molar-refractivity contribution in [2.24, 2.45) is 0 Å². The Kier molecular flexibility index (Phi) is 6.42. The molecule has 0 saturated carbocycles. The minimum atomic E-state index is -0.298. The van der Waals surface area contributed by atoms with Crippen LogP contribution in [0.4, 0.5) is 0 Å². The zero-order valence-electron chi connectivity index (χ0n) is 15.2. The summed E-state index contributed by atoms with van der Waals surface area (Å²) < 4.78 is 0. The normalized spacial score (nSPS) is 12.3. The van der Waals surface area contributed by atoms with E-state index in [9.17, 15) is 0 Å². The third kappa shape index (κ3) is 4.80. The Morgan fingerprint density at radius 2 is 1.24 bits per heavy atom. The quantitative estimate of drug-likeness (QED) is 0.469. The second-order valence-electron chi connectivity index (χ2n) is 6.62. The average molecular weight is 346 g/mol. The zero-order chi connectivity index (χ0) is 17.5. The number of aryl methyl sites for hydroxylation is 1. The summed E-state index contributed by atoms with van der Waals surface area (Å²) in [7, 11) is -0.298. The van der Waals surface area contributed by atoms with Crippen molar-refractivity contribution in [2.75, 3.05) is 6.16 Å². The molecule has 0 aliphatic rings. The summed E-state index contributed by atoms with van der Waals surface area (Å²) in [4.78, 5) is 0. The first-order valence-corrected chi connectivity index (χ1v) is 10.8. The van der Waals surface area contributed by atoms with Gasteiger partial charge >= 0.3 is 0 Å². The largest absolute Gasteiger partial charge is 0.0648 e. The Morgan fingerprint density at radius 1 is 0.720 bits per heavy atom. The van der Waals surface area contributed by atoms with Crippen LogP contribution in [0.25, 0.3) is 0 Å². The molecule has 0 radical (unpaired) electrons. The predicted octanol–water partition coefficient (Wildman–Crippen LogP) is 5.88. The lowest BCUT2D eigenvalue weighted by Gasteiger charge is -2.19. The molecule has 1 heteroatoms. The lowest BCUT2D eigenvalue weighted by Crippen LogP contribution is -2.14. The highest BCUT2D eigenvalue weighted by atomic mass is 31.1. The maximum absolute atomic E-state index is 2.32. The van der Waals surface area contributed by atoms with E-state index in [0.29, 0.717) is 5.92 Å². The smallest absolute Gasteiger partial charge is 0.0193 e. The van der Waals surface area contributed by atoms with Crippen molar-refractivity contribution >= 4 is 18.5 Å². The lowest BCUT2D eigenvalue weighted by molar-refractivity contribution is 0.733. The van der Waals surface area contributed by atoms with E-state index >= 15 is 0 Å². The molecule has 0 bridgehead atoms. The average Bonchev–Trinajstić information content (AvgIpc) is 2.70. The monoisotopic (exact) mass is 346 g/mol. The van der Waals surface area contributed by atoms with Crippen LogP contribution in [0.2, 0.25) is 0 Å². The minimum absolute atomic E-state index is 0.298. The fraction of sp³-hybridized carbons (Fsp3) is 0.250. The van der Waals surface area contributed by atoms with Crippen LogP contribution < -0.4 is 10.6 Å². The van der Waals surface area contributed by atoms with Gasteiger partial charge in [0.15, 0.2) is 0 Å². The fourth-order valence-corrected chi connectivity index (χ4v) is 5.47. The van der Waals surface area contributed by atoms with Gasteiger partial charge in [0.2, 0.25) is 0 Å². The van der Waals surface area contributed by atoms with Crippen molar-refractivity contribution < 1.29 is 0 Å². The van der Waals surface area contributed by atoms with Crippen molar-refractivity contribution in [3.8, 4) is 0 Å². The highest BCUT2D eigenvalue weighted by Gasteiger charge is 2.13. The molecule has 0 spiro atoms. The van der Waals surface area contributed by atoms with Crippen LogP contribution in [0.5, 0.6) is 0 Å². The Labute approximate surface area is 153 Å². The first kappa shape index (κ1) is 17.9. The summed E-state index contributed by atoms with van der Waals surface area (Å²) in [6, 6.07) is 31.3. The van der Waals surface area contributed by atoms with Crippen molar-refractivity contribution in [1.29, 1.82) is 0 Å². The van der Waals surface area contributed by atoms with Crippen LogP contribution in [-0.4, -0.2) is 6.16 Å². The third-order valence-corrected chi connectivity index (χ3v) is 7.43. The van der Waals surface area contributed by atoms with Gasteiger partial charge in [-0.1, -0.05) is 98.8 Å². The molecule has 0 saturated heterocycles. The molecule has 0 heterocycles. The summed E-state index contributed by atoms with van der Waals surface area (Å²) in [5, 5.41) is 2.94. The van der Waals surface area contributed by atoms with Gasteiger partial charge in [-0.25, -0.2) is 0 Å². The summed E-state index contributed by atoms with van der Waals surface area (Å²) in [5.41, 5.74) is 2.91. The standard InChI is InChI=1S/C24H27P/c1-3-20(2)22-16-14-21(15-17-22)18-19-25(23-10-6-4-7-11-23)24-12-8-5-9-13-24/h4-17,20H,3,18-19H2,1-2H3. The van der Waals surface area contributed by atoms with E-state index in [1.807, 2.05) is 0 Å². The molecule has 1 atom stereocenters. The van der Waals surface area contributed by atoms with Crippen molar-refractivity contribution in [1.82, 2.24) is 0 Å². The molecule has 0 nitrogen and oxygen atoms in total. The van der Waals surface area contributed by atoms with E-state index in [-0.39, 0.29) is 7.92 Å². The number of hydrogen-bond acceptors (Lipinski definition) is 0. The molecule has 0 amide bonds. The molecule has 128 valence electrons. The molecule has 0 aliphatic heterocycles. The van der Waals surface area contributed by atoms with E-state index in [2.05, 4.69) is 98.8 Å². The highest BCUT2D eigenvalue weighted by molar-refractivity contribution is 7.73. The van der Waals surface area contributed by atoms with Gasteiger partial charge in [0.25, 0.3) is 0 Å². The van der Waals surface area contributed by atoms with E-state index in [0.717, 1.165) is 6.42 Å². The first-order chi connectivity index (χ1) is 12.3. The molecule has 0 N–H and O–H groups in total. The second-order valence-corrected chi connectivity index (χ2v) is 8.96. The molecule has 0 aromatic heterocycles. The van der Waals surface area contributed by atoms with Gasteiger partial charge < -0.3 is 0 Å². The van der Waals surface area contributed by atoms with Gasteiger partial charge in [-0.15, -0.1) is 0 Å². The summed E-state index contributed by atoms with van der Waals surface area (Å²) in [6.07, 6.45) is 3.54. The maximum atomic E-state index is 2.32. The molecule has 0 fully saturated rings. The van der Waals surface area contributed by atoms with Gasteiger partial charge in [0, 0.05) is 0 Å². The minimum Gasteiger partial charge on any atom is -0.0648 e. The molecular weight excluding hydrogens is 319 g/mol. The van der Waals surface area contributed by atoms with Crippen LogP contribution in [0.1, 0.15) is 37.3 Å². The Balaban J connectivity index is 1.75. The number of rotatable bonds is 7. The van der Waals surface area contributed by atoms with Crippen LogP contribution in [0, 0.1) is 0 Å². The number of hydrogen-bond donors (Lipinski definition) is 0. The van der Waals surface area contributed by atoms with E-state index < -0.39 is 0 Å². The van der Waals surface area contributed by atoms with Crippen molar-refractivity contribution in [3.05, 3.63) is 96.1 Å². The Morgan fingerprint density at radius 3 is 1.72 bits per heavy atom. The number of benzene rings is 3. The summed E-state index contributed by atoms with van der Waals surface area (Å²) in [5.74, 6) is 0.653. The zero-order valence-corrected chi connectivity index (χ0v) is 16.1. The van der Waals surface area contributed by atoms with Gasteiger partial charge in [-0.2, -0.15) is 0 Å². The Hall–Kier alpha value is -1.91. The van der Waals surface area contributed by atoms with E-state index in [4.69, 9.17) is 0 Å². The second kappa shape index (κ2) is 8.97. The highest BCUT2D eigenvalue weighted by Crippen LogP contribution is 2.34. The molecule has 0 aliphatic carbocycles. The van der Waals surface area contributed by atoms with Gasteiger partial charge in [0.05, 0.1) is 0 Å². The molecular formula is C24H27P. The SMILES string of the molecule is CCC(C)c1ccc(CCP(c2ccccc2)c2ccccc2)cc1. The van der Waals surface area contributed by atoms with Gasteiger partial charge in [0.1, 0.15) is 0 Å². The lowest BCUT2D eigenvalue weighted by atomic mass is 9.97. The van der Waals surface area contributed by atoms with Gasteiger partial charge in [-0.05, 0) is 54.6 Å². The van der Waals surface area contributed by atoms with E-state index in [1.54, 1.807) is 0 Å². The van der Waals surface area contributed by atoms with Crippen molar-refractivity contribution in [3.63, 3.8) is 0 Å². The van der Waals surface area contributed by atoms with Crippen LogP contribution >= 0.6 is 7.92 Å². The third-order valence-electron chi connectivity index (χ3n) is 4.92. The summed E-state index contributed by atoms with van der Waals surface area (Å²) in [6.45, 7) is 4.56. The maximum Gasteiger partial charge on any atom is -0.0193 e. The molecule has 3 rings (SSSR count). The van der Waals surface area contributed by atoms with Crippen molar-refractivity contribution in [2.45, 2.75) is 32.6 Å². The van der Waals surface area contributed by atoms with E-state index in [1.165, 1.54) is 34.3 Å². The van der Waals surface area contributed by atoms with Crippen LogP contribution in [-0.2, 0) is 6.42 Å². The first-order valence-electron chi connectivity index (χ1n) is 9.24. The fourth-order valence-electron chi connectivity index (χ4n) is 3.11. The van der Waals surface area contributed by atoms with Crippen LogP contribution in [0.15, 0.2) is 84.9 Å². The molecule has 25 heavy (non-hydrogen) atoms. The topological polar surface area (TPSA) is 0 Å². The predicted molar refractivity (Wildman–Crippen MR) is 113 cm³/mol. The molecule has 3 aromatic rings. The molecule has 3 aromatic carbocycles. The Bertz CT molecular complexity index is 708. The summed E-state index contributed by atoms with van der Waals surface area (Å²) >= 11 is 0. The molecule has 1 unspecified atom stereocenters. The van der Waals surface area contributed by atoms with Crippen LogP contribution in [0.3, 0.4) is 0 Å².